The number of fused-ring (bicyclic) bond motifs is 7. The molecule has 656 valence electrons. The molecule has 4 N–H and O–H groups in total. The largest absolute Gasteiger partial charge is 0.493 e. The van der Waals surface area contributed by atoms with Gasteiger partial charge in [-0.25, -0.2) is 4.90 Å². The molecule has 0 unspecified atom stereocenters. The lowest BCUT2D eigenvalue weighted by Crippen LogP contribution is -2.63. The van der Waals surface area contributed by atoms with E-state index in [1.165, 1.54) is 108 Å². The van der Waals surface area contributed by atoms with Crippen LogP contribution in [0.5, 0.6) is 5.75 Å². The van der Waals surface area contributed by atoms with E-state index in [1.807, 2.05) is 19.1 Å². The van der Waals surface area contributed by atoms with E-state index < -0.39 is 201 Å². The first kappa shape index (κ1) is 94.6. The van der Waals surface area contributed by atoms with Crippen molar-refractivity contribution in [2.75, 3.05) is 161 Å². The molecular formula is C83H116N14O23. The molecule has 11 atom stereocenters. The quantitative estimate of drug-likeness (QED) is 0.0259. The van der Waals surface area contributed by atoms with E-state index in [2.05, 4.69) is 29.0 Å². The summed E-state index contributed by atoms with van der Waals surface area (Å²) in [4.78, 5) is 247. The summed E-state index contributed by atoms with van der Waals surface area (Å²) >= 11 is 0. The maximum Gasteiger partial charge on any atom is 0.258 e. The van der Waals surface area contributed by atoms with Crippen molar-refractivity contribution in [3.8, 4) is 5.75 Å². The van der Waals surface area contributed by atoms with E-state index in [0.717, 1.165) is 92.4 Å². The Morgan fingerprint density at radius 3 is 1.55 bits per heavy atom. The van der Waals surface area contributed by atoms with Gasteiger partial charge in [0.2, 0.25) is 76.8 Å². The second-order valence-corrected chi connectivity index (χ2v) is 33.1. The van der Waals surface area contributed by atoms with E-state index in [0.29, 0.717) is 24.3 Å². The third-order valence-electron chi connectivity index (χ3n) is 24.1. The number of rotatable bonds is 40. The predicted octanol–water partition coefficient (Wildman–Crippen LogP) is -1.23. The fourth-order valence-electron chi connectivity index (χ4n) is 16.5. The minimum atomic E-state index is -1.49. The Hall–Kier alpha value is -10.9. The van der Waals surface area contributed by atoms with Crippen molar-refractivity contribution < 1.29 is 110 Å². The van der Waals surface area contributed by atoms with Gasteiger partial charge in [0.05, 0.1) is 89.9 Å². The molecule has 37 nitrogen and oxygen atoms in total. The molecule has 2 heterocycles. The number of anilines is 1. The smallest absolute Gasteiger partial charge is 0.258 e. The summed E-state index contributed by atoms with van der Waals surface area (Å²) in [5, 5.41) is 20.0. The van der Waals surface area contributed by atoms with Crippen molar-refractivity contribution in [2.24, 2.45) is 34.5 Å². The summed E-state index contributed by atoms with van der Waals surface area (Å²) in [6.07, 6.45) is 14.3. The monoisotopic (exact) mass is 1680 g/mol. The molecule has 5 fully saturated rings. The molecule has 1 aromatic rings. The second kappa shape index (κ2) is 40.9. The highest BCUT2D eigenvalue weighted by atomic mass is 16.7. The molecule has 0 radical (unpaired) electrons. The van der Waals surface area contributed by atoms with E-state index in [4.69, 9.17) is 18.9 Å². The first-order chi connectivity index (χ1) is 56.4. The fraction of sp³-hybridized carbons (Fsp3) is 0.614. The van der Waals surface area contributed by atoms with Gasteiger partial charge >= 0.3 is 0 Å². The number of carbonyl (C=O) groups is 18. The number of amides is 15. The molecule has 0 aromatic heterocycles. The van der Waals surface area contributed by atoms with E-state index in [1.54, 1.807) is 18.2 Å². The number of nitrogens with zero attached hydrogens (tertiary/aromatic N) is 11. The van der Waals surface area contributed by atoms with Crippen molar-refractivity contribution in [1.29, 1.82) is 0 Å². The summed E-state index contributed by atoms with van der Waals surface area (Å²) < 4.78 is 25.4. The summed E-state index contributed by atoms with van der Waals surface area (Å²) in [6, 6.07) is 2.23. The number of aliphatic hydroxyl groups excluding tert-OH is 1. The zero-order valence-corrected chi connectivity index (χ0v) is 71.3. The van der Waals surface area contributed by atoms with Crippen LogP contribution in [0, 0.1) is 34.5 Å². The number of hydrogen-bond acceptors (Lipinski definition) is 23. The highest BCUT2D eigenvalue weighted by Gasteiger charge is 2.76. The molecule has 1 aromatic carbocycles. The number of aliphatic hydroxyl groups is 1. The Kier molecular flexibility index (Phi) is 32.2. The number of hydrogen-bond donors (Lipinski definition) is 4. The van der Waals surface area contributed by atoms with E-state index >= 15 is 0 Å². The molecule has 0 bridgehead atoms. The zero-order valence-electron chi connectivity index (χ0n) is 71.3. The van der Waals surface area contributed by atoms with Crippen LogP contribution >= 0.6 is 0 Å². The summed E-state index contributed by atoms with van der Waals surface area (Å²) in [6.45, 7) is 2.98. The zero-order chi connectivity index (χ0) is 88.7. The van der Waals surface area contributed by atoms with Crippen molar-refractivity contribution in [1.82, 2.24) is 64.9 Å². The van der Waals surface area contributed by atoms with Crippen LogP contribution in [0.2, 0.25) is 0 Å². The topological polar surface area (TPSA) is 436 Å². The number of nitrogens with one attached hydrogen (secondary N) is 3. The molecule has 37 heteroatoms. The van der Waals surface area contributed by atoms with Gasteiger partial charge in [0.1, 0.15) is 37.0 Å². The number of likely N-dealkylation sites (N-methyl/N-ethyl adjacent to an activating group) is 10. The van der Waals surface area contributed by atoms with Crippen molar-refractivity contribution >= 4 is 112 Å². The van der Waals surface area contributed by atoms with Gasteiger partial charge in [0.25, 0.3) is 11.8 Å². The predicted molar refractivity (Wildman–Crippen MR) is 430 cm³/mol. The number of carbonyl (C=O) groups excluding carboxylic acids is 18. The van der Waals surface area contributed by atoms with Gasteiger partial charge in [-0.3, -0.25) is 86.3 Å². The number of aryl methyl sites for hydroxylation is 1. The third-order valence-corrected chi connectivity index (χ3v) is 24.1. The molecule has 0 spiro atoms. The van der Waals surface area contributed by atoms with Crippen molar-refractivity contribution in [3.63, 3.8) is 0 Å². The van der Waals surface area contributed by atoms with E-state index in [-0.39, 0.29) is 98.3 Å². The van der Waals surface area contributed by atoms with Crippen LogP contribution < -0.4 is 25.6 Å². The van der Waals surface area contributed by atoms with Crippen LogP contribution in [-0.2, 0) is 107 Å². The van der Waals surface area contributed by atoms with Gasteiger partial charge in [-0.15, -0.1) is 0 Å². The normalized spacial score (nSPS) is 22.9. The third kappa shape index (κ3) is 23.0. The summed E-state index contributed by atoms with van der Waals surface area (Å²) in [7, 11) is 13.4. The highest BCUT2D eigenvalue weighted by molar-refractivity contribution is 6.28. The Bertz CT molecular complexity index is 4270. The van der Waals surface area contributed by atoms with Gasteiger partial charge in [0, 0.05) is 118 Å². The van der Waals surface area contributed by atoms with Crippen LogP contribution in [0.4, 0.5) is 5.69 Å². The lowest BCUT2D eigenvalue weighted by Gasteiger charge is -2.59. The van der Waals surface area contributed by atoms with Crippen molar-refractivity contribution in [2.45, 2.75) is 141 Å². The number of ether oxygens (including phenoxy) is 4. The maximum atomic E-state index is 14.9. The van der Waals surface area contributed by atoms with Gasteiger partial charge in [-0.05, 0) is 120 Å². The minimum Gasteiger partial charge on any atom is -0.493 e. The van der Waals surface area contributed by atoms with Gasteiger partial charge in [0.15, 0.2) is 23.5 Å². The molecule has 1 saturated heterocycles. The number of allylic oxidation sites excluding steroid dienone is 5. The average molecular weight is 1680 g/mol. The standard InChI is InChI=1S/C83H116N14O23/c1-50(98)38-87(6)68(106)40-89(8)70(108)42-91(10)72(110)44-93(12)74(112)46-95(14)76(114)47-96(15)75(113)45-94(13)73(111)43-92(11)71(109)41-90(9)69(107)39-88(7)65(103)20-17-33-118-61-35-56(97-66(104)28-29-67(97)105)25-22-54(61)23-27-64(102)85-52(3)80(116)86-51(2)79(115)84-49-117-48-62(101)83-63(119-77(120-83)30-21-53-18-16-19-53)36-59-58-26-24-55-34-57(99)31-32-81(55,4)78(58)60(100)37-82(59,83)5/h21-22,25,28-32,34-35,51-53,58-60,63,77-78,100H,16-20,23-24,26-27,33,36-49H2,1-15H3,(H,84,115)(H,85,102)(H,86,116)/b30-21+/t51-,52-,58-,59-,60-,63+,77+,78+,81-,82-,83+/m0/s1. The molecule has 4 saturated carbocycles. The van der Waals surface area contributed by atoms with Crippen LogP contribution in [0.3, 0.4) is 0 Å². The average Bonchev–Trinajstić information content (AvgIpc) is 1.51. The van der Waals surface area contributed by atoms with Gasteiger partial charge in [-0.1, -0.05) is 44.1 Å². The molecule has 5 aliphatic carbocycles. The lowest BCUT2D eigenvalue weighted by atomic mass is 9.46. The van der Waals surface area contributed by atoms with Crippen LogP contribution in [0.25, 0.3) is 0 Å². The number of benzene rings is 1. The van der Waals surface area contributed by atoms with Crippen LogP contribution in [0.1, 0.15) is 104 Å². The first-order valence-electron chi connectivity index (χ1n) is 40.2. The Labute approximate surface area is 698 Å². The number of ketones is 3. The molecule has 8 rings (SSSR count). The van der Waals surface area contributed by atoms with Crippen LogP contribution in [0.15, 0.2) is 66.3 Å². The SMILES string of the molecule is CC(=O)CN(C)C(=O)CN(C)C(=O)CN(C)C(=O)CN(C)C(=O)CN(C)C(=O)CN(C)C(=O)CN(C)C(=O)CN(C)C(=O)CN(C)C(=O)CN(C)C(=O)CCCOc1cc(N2C(=O)C=CC2=O)ccc1CCC(=O)N[C@@H](C)C(=O)N[C@@H](C)C(=O)NCOCC(=O)[C@@]12O[C@H](/C=C/C3CCC3)O[C@@H]1C[C@H]1[C@@H]3CCC4=CC(=O)C=C[C@]4(C)[C@H]3[C@@H](O)C[C@@]12C. The number of Topliss-reactive ketones (excluding diaryl/α,β-unsaturated/α-hetero) is 2. The second-order valence-electron chi connectivity index (χ2n) is 33.1. The lowest BCUT2D eigenvalue weighted by molar-refractivity contribution is -0.194. The molecule has 2 aliphatic heterocycles. The molecule has 7 aliphatic rings. The summed E-state index contributed by atoms with van der Waals surface area (Å²) in [5.74, 6) is -9.64. The van der Waals surface area contributed by atoms with E-state index in [9.17, 15) is 91.4 Å². The minimum absolute atomic E-state index is 0.00406. The molecule has 120 heavy (non-hydrogen) atoms. The number of imide groups is 1. The Morgan fingerprint density at radius 1 is 0.600 bits per heavy atom. The van der Waals surface area contributed by atoms with Crippen molar-refractivity contribution in [3.05, 3.63) is 71.9 Å². The maximum absolute atomic E-state index is 14.9. The van der Waals surface area contributed by atoms with Gasteiger partial charge < -0.3 is 89.0 Å². The Balaban J connectivity index is 0.727. The Morgan fingerprint density at radius 2 is 1.07 bits per heavy atom. The molecule has 15 amide bonds. The van der Waals surface area contributed by atoms with Gasteiger partial charge in [-0.2, -0.15) is 0 Å². The van der Waals surface area contributed by atoms with Crippen LogP contribution in [-0.4, -0.2) is 352 Å². The molecular weight excluding hydrogens is 1560 g/mol. The first-order valence-corrected chi connectivity index (χ1v) is 40.2. The summed E-state index contributed by atoms with van der Waals surface area (Å²) in [5.41, 5.74) is -1.26. The fourth-order valence-corrected chi connectivity index (χ4v) is 16.5. The highest BCUT2D eigenvalue weighted by Crippen LogP contribution is 2.70.